The van der Waals surface area contributed by atoms with Crippen molar-refractivity contribution < 1.29 is 4.74 Å². The van der Waals surface area contributed by atoms with Crippen molar-refractivity contribution in [2.75, 3.05) is 6.61 Å². The highest BCUT2D eigenvalue weighted by Crippen LogP contribution is 2.46. The molecule has 142 valence electrons. The Kier molecular flexibility index (Phi) is 5.49. The molecule has 0 aromatic heterocycles. The molecule has 0 radical (unpaired) electrons. The van der Waals surface area contributed by atoms with Gasteiger partial charge in [0.2, 0.25) is 0 Å². The lowest BCUT2D eigenvalue weighted by Gasteiger charge is -2.11. The maximum absolute atomic E-state index is 11.6. The highest BCUT2D eigenvalue weighted by molar-refractivity contribution is 5.91. The molecular weight excluding hydrogens is 360 g/mol. The van der Waals surface area contributed by atoms with Crippen LogP contribution in [-0.2, 0) is 6.42 Å². The Balaban J connectivity index is 1.53. The van der Waals surface area contributed by atoms with Gasteiger partial charge in [-0.05, 0) is 47.2 Å². The molecule has 0 amide bonds. The van der Waals surface area contributed by atoms with Gasteiger partial charge in [0.25, 0.3) is 0 Å². The number of hydrogen-bond donors (Lipinski definition) is 0. The number of hydrogen-bond acceptors (Lipinski definition) is 4. The van der Waals surface area contributed by atoms with Crippen molar-refractivity contribution >= 4 is 5.57 Å². The molecule has 3 aromatic rings. The van der Waals surface area contributed by atoms with Gasteiger partial charge in [-0.3, -0.25) is 0 Å². The Morgan fingerprint density at radius 3 is 2.38 bits per heavy atom. The number of ether oxygens (including phenoxy) is 1. The van der Waals surface area contributed by atoms with E-state index in [9.17, 15) is 10.2 Å². The summed E-state index contributed by atoms with van der Waals surface area (Å²) >= 11 is 0. The maximum Gasteiger partial charge on any atom is 0.153 e. The van der Waals surface area contributed by atoms with Gasteiger partial charge in [-0.1, -0.05) is 71.9 Å². The molecule has 0 bridgehead atoms. The van der Waals surface area contributed by atoms with Crippen LogP contribution in [0.2, 0.25) is 0 Å². The average Bonchev–Trinajstić information content (AvgIpc) is 3.10. The number of nitrogens with zero attached hydrogens (tertiary/aromatic N) is 2. The summed E-state index contributed by atoms with van der Waals surface area (Å²) in [6.07, 6.45) is 1.84. The fourth-order valence-electron chi connectivity index (χ4n) is 3.78. The van der Waals surface area contributed by atoms with E-state index in [1.54, 1.807) is 0 Å². The summed E-state index contributed by atoms with van der Waals surface area (Å²) in [5.41, 5.74) is 4.97. The quantitative estimate of drug-likeness (QED) is 0.382. The molecule has 1 unspecified atom stereocenters. The predicted molar refractivity (Wildman–Crippen MR) is 113 cm³/mol. The van der Waals surface area contributed by atoms with Gasteiger partial charge in [0.1, 0.15) is 5.75 Å². The van der Waals surface area contributed by atoms with Crippen LogP contribution < -0.4 is 4.74 Å². The highest BCUT2D eigenvalue weighted by atomic mass is 16.5. The Hall–Kier alpha value is -3.71. The Bertz CT molecular complexity index is 1080. The van der Waals surface area contributed by atoms with E-state index < -0.39 is 6.04 Å². The zero-order valence-electron chi connectivity index (χ0n) is 15.9. The van der Waals surface area contributed by atoms with Crippen molar-refractivity contribution in [3.8, 4) is 11.8 Å². The van der Waals surface area contributed by atoms with E-state index >= 15 is 0 Å². The van der Waals surface area contributed by atoms with E-state index in [2.05, 4.69) is 23.4 Å². The van der Waals surface area contributed by atoms with E-state index in [0.717, 1.165) is 35.1 Å². The first kappa shape index (κ1) is 18.6. The Morgan fingerprint density at radius 2 is 1.69 bits per heavy atom. The summed E-state index contributed by atoms with van der Waals surface area (Å²) in [7, 11) is 0. The van der Waals surface area contributed by atoms with Crippen LogP contribution in [0.15, 0.2) is 89.6 Å². The van der Waals surface area contributed by atoms with Crippen LogP contribution in [0, 0.1) is 16.2 Å². The maximum atomic E-state index is 11.6. The molecular formula is C25H20N2O2. The molecule has 1 atom stereocenters. The molecule has 3 aromatic carbocycles. The molecule has 0 aliphatic heterocycles. The zero-order valence-corrected chi connectivity index (χ0v) is 15.9. The number of nitroso groups, excluding NO2 is 1. The fraction of sp³-hybridized carbons (Fsp3) is 0.160. The third-order valence-corrected chi connectivity index (χ3v) is 5.14. The van der Waals surface area contributed by atoms with Crippen LogP contribution in [0.5, 0.6) is 5.75 Å². The van der Waals surface area contributed by atoms with E-state index in [0.29, 0.717) is 17.9 Å². The summed E-state index contributed by atoms with van der Waals surface area (Å²) in [6.45, 7) is 0.580. The first-order valence-electron chi connectivity index (χ1n) is 9.65. The minimum absolute atomic E-state index is 0.391. The first-order valence-corrected chi connectivity index (χ1v) is 9.65. The largest absolute Gasteiger partial charge is 0.494 e. The molecule has 4 nitrogen and oxygen atoms in total. The van der Waals surface area contributed by atoms with Gasteiger partial charge in [-0.25, -0.2) is 0 Å². The first-order chi connectivity index (χ1) is 14.3. The summed E-state index contributed by atoms with van der Waals surface area (Å²) in [5.74, 6) is 0.692. The number of fused-ring (bicyclic) bond motifs is 1. The van der Waals surface area contributed by atoms with Crippen LogP contribution >= 0.6 is 0 Å². The van der Waals surface area contributed by atoms with E-state index in [1.807, 2.05) is 66.7 Å². The second-order valence-corrected chi connectivity index (χ2v) is 6.96. The average molecular weight is 380 g/mol. The standard InChI is InChI=1S/C25H20N2O2/c26-17-23-24(19-11-5-2-6-12-19)21-14-13-20(16-22(21)25(23)27-28)29-15-7-10-18-8-3-1-4-9-18/h1-6,8-9,11-14,16,25H,7,10,15H2. The van der Waals surface area contributed by atoms with Gasteiger partial charge < -0.3 is 4.74 Å². The van der Waals surface area contributed by atoms with E-state index in [-0.39, 0.29) is 0 Å². The number of aryl methyl sites for hydroxylation is 1. The lowest BCUT2D eigenvalue weighted by atomic mass is 9.98. The molecule has 0 fully saturated rings. The van der Waals surface area contributed by atoms with Crippen LogP contribution in [0.3, 0.4) is 0 Å². The van der Waals surface area contributed by atoms with E-state index in [4.69, 9.17) is 4.74 Å². The van der Waals surface area contributed by atoms with Crippen LogP contribution in [0.1, 0.15) is 34.7 Å². The van der Waals surface area contributed by atoms with Crippen LogP contribution in [-0.4, -0.2) is 6.61 Å². The van der Waals surface area contributed by atoms with Crippen molar-refractivity contribution in [2.45, 2.75) is 18.9 Å². The van der Waals surface area contributed by atoms with Gasteiger partial charge in [0.15, 0.2) is 6.04 Å². The van der Waals surface area contributed by atoms with Gasteiger partial charge in [0, 0.05) is 5.57 Å². The number of benzene rings is 3. The summed E-state index contributed by atoms with van der Waals surface area (Å²) < 4.78 is 5.91. The zero-order chi connectivity index (χ0) is 20.1. The van der Waals surface area contributed by atoms with E-state index in [1.165, 1.54) is 5.56 Å². The minimum Gasteiger partial charge on any atom is -0.494 e. The highest BCUT2D eigenvalue weighted by Gasteiger charge is 2.33. The molecule has 0 spiro atoms. The molecule has 1 aliphatic carbocycles. The lowest BCUT2D eigenvalue weighted by Crippen LogP contribution is -2.01. The second kappa shape index (κ2) is 8.53. The van der Waals surface area contributed by atoms with Gasteiger partial charge >= 0.3 is 0 Å². The lowest BCUT2D eigenvalue weighted by molar-refractivity contribution is 0.310. The molecule has 0 heterocycles. The van der Waals surface area contributed by atoms with Crippen molar-refractivity contribution in [1.29, 1.82) is 5.26 Å². The second-order valence-electron chi connectivity index (χ2n) is 6.96. The Labute approximate surface area is 170 Å². The third kappa shape index (κ3) is 3.81. The normalized spacial score (nSPS) is 14.9. The number of rotatable bonds is 7. The molecule has 4 heteroatoms. The molecule has 1 aliphatic rings. The van der Waals surface area contributed by atoms with Crippen molar-refractivity contribution in [2.24, 2.45) is 5.18 Å². The summed E-state index contributed by atoms with van der Waals surface area (Å²) in [4.78, 5) is 11.6. The predicted octanol–water partition coefficient (Wildman–Crippen LogP) is 5.84. The van der Waals surface area contributed by atoms with Crippen molar-refractivity contribution in [3.05, 3.63) is 112 Å². The summed E-state index contributed by atoms with van der Waals surface area (Å²) in [6, 6.07) is 27.0. The molecule has 4 rings (SSSR count). The molecule has 0 saturated carbocycles. The molecule has 0 saturated heterocycles. The van der Waals surface area contributed by atoms with Gasteiger partial charge in [-0.15, -0.1) is 4.91 Å². The SMILES string of the molecule is N#CC1=C(c2ccccc2)c2ccc(OCCCc3ccccc3)cc2C1N=O. The topological polar surface area (TPSA) is 62.4 Å². The van der Waals surface area contributed by atoms with Crippen molar-refractivity contribution in [1.82, 2.24) is 0 Å². The monoisotopic (exact) mass is 380 g/mol. The number of nitriles is 1. The third-order valence-electron chi connectivity index (χ3n) is 5.14. The minimum atomic E-state index is -0.793. The van der Waals surface area contributed by atoms with Gasteiger partial charge in [0.05, 0.1) is 18.2 Å². The Morgan fingerprint density at radius 1 is 0.966 bits per heavy atom. The van der Waals surface area contributed by atoms with Crippen LogP contribution in [0.25, 0.3) is 5.57 Å². The molecule has 29 heavy (non-hydrogen) atoms. The smallest absolute Gasteiger partial charge is 0.153 e. The van der Waals surface area contributed by atoms with Gasteiger partial charge in [-0.2, -0.15) is 5.26 Å². The summed E-state index contributed by atoms with van der Waals surface area (Å²) in [5, 5.41) is 12.9. The van der Waals surface area contributed by atoms with Crippen molar-refractivity contribution in [3.63, 3.8) is 0 Å². The molecule has 0 N–H and O–H groups in total. The fourth-order valence-corrected chi connectivity index (χ4v) is 3.78. The van der Waals surface area contributed by atoms with Crippen LogP contribution in [0.4, 0.5) is 0 Å².